The summed E-state index contributed by atoms with van der Waals surface area (Å²) >= 11 is 0. The molecule has 0 heterocycles. The molecule has 352 valence electrons. The van der Waals surface area contributed by atoms with Crippen LogP contribution in [0, 0.1) is 0 Å². The molecule has 62 heavy (non-hydrogen) atoms. The van der Waals surface area contributed by atoms with Crippen molar-refractivity contribution in [1.82, 2.24) is 0 Å². The predicted molar refractivity (Wildman–Crippen MR) is 265 cm³/mol. The van der Waals surface area contributed by atoms with Crippen LogP contribution < -0.4 is 0 Å². The number of hydrogen-bond acceptors (Lipinski definition) is 6. The molecule has 6 nitrogen and oxygen atoms in total. The maximum absolute atomic E-state index is 12.8. The van der Waals surface area contributed by atoms with Crippen molar-refractivity contribution in [2.45, 2.75) is 226 Å². The first-order valence-corrected chi connectivity index (χ1v) is 25.3. The molecule has 1 unspecified atom stereocenters. The molecule has 0 spiro atoms. The lowest BCUT2D eigenvalue weighted by Gasteiger charge is -2.18. The van der Waals surface area contributed by atoms with Gasteiger partial charge in [0.25, 0.3) is 0 Å². The summed E-state index contributed by atoms with van der Waals surface area (Å²) in [4.78, 5) is 37.9. The predicted octanol–water partition coefficient (Wildman–Crippen LogP) is 16.6. The smallest absolute Gasteiger partial charge is 0.306 e. The van der Waals surface area contributed by atoms with Gasteiger partial charge in [-0.25, -0.2) is 0 Å². The Bertz CT molecular complexity index is 1260. The summed E-state index contributed by atoms with van der Waals surface area (Å²) in [5.41, 5.74) is 0. The highest BCUT2D eigenvalue weighted by Gasteiger charge is 2.19. The fraction of sp³-hybridized carbons (Fsp3) is 0.661. The van der Waals surface area contributed by atoms with Crippen LogP contribution in [0.4, 0.5) is 0 Å². The Labute approximate surface area is 381 Å². The Hall–Kier alpha value is -3.67. The lowest BCUT2D eigenvalue weighted by molar-refractivity contribution is -0.167. The zero-order valence-electron chi connectivity index (χ0n) is 40.1. The van der Waals surface area contributed by atoms with E-state index in [4.69, 9.17) is 14.2 Å². The van der Waals surface area contributed by atoms with Crippen molar-refractivity contribution in [3.63, 3.8) is 0 Å². The summed E-state index contributed by atoms with van der Waals surface area (Å²) in [5.74, 6) is -0.966. The first kappa shape index (κ1) is 58.3. The van der Waals surface area contributed by atoms with Gasteiger partial charge < -0.3 is 14.2 Å². The van der Waals surface area contributed by atoms with Gasteiger partial charge in [-0.3, -0.25) is 14.4 Å². The van der Waals surface area contributed by atoms with E-state index in [-0.39, 0.29) is 37.5 Å². The highest BCUT2D eigenvalue weighted by molar-refractivity contribution is 5.71. The summed E-state index contributed by atoms with van der Waals surface area (Å²) in [6.45, 7) is 6.36. The van der Waals surface area contributed by atoms with Gasteiger partial charge in [0.05, 0.1) is 0 Å². The molecular formula is C56H92O6. The third-order valence-corrected chi connectivity index (χ3v) is 10.4. The molecule has 0 aromatic rings. The van der Waals surface area contributed by atoms with Crippen molar-refractivity contribution >= 4 is 17.9 Å². The molecule has 0 radical (unpaired) electrons. The monoisotopic (exact) mass is 861 g/mol. The van der Waals surface area contributed by atoms with E-state index in [9.17, 15) is 14.4 Å². The van der Waals surface area contributed by atoms with E-state index in [1.807, 2.05) is 48.6 Å². The van der Waals surface area contributed by atoms with Crippen molar-refractivity contribution in [3.05, 3.63) is 97.2 Å². The Morgan fingerprint density at radius 2 is 0.661 bits per heavy atom. The molecule has 0 aliphatic carbocycles. The van der Waals surface area contributed by atoms with Gasteiger partial charge in [-0.2, -0.15) is 0 Å². The zero-order valence-corrected chi connectivity index (χ0v) is 40.1. The van der Waals surface area contributed by atoms with E-state index in [2.05, 4.69) is 69.4 Å². The Morgan fingerprint density at radius 3 is 1.11 bits per heavy atom. The first-order chi connectivity index (χ1) is 30.5. The van der Waals surface area contributed by atoms with Crippen molar-refractivity contribution in [3.8, 4) is 0 Å². The lowest BCUT2D eigenvalue weighted by atomic mass is 10.1. The van der Waals surface area contributed by atoms with Crippen LogP contribution in [0.3, 0.4) is 0 Å². The van der Waals surface area contributed by atoms with Gasteiger partial charge in [-0.1, -0.05) is 214 Å². The summed E-state index contributed by atoms with van der Waals surface area (Å²) in [6.07, 6.45) is 65.3. The number of esters is 3. The molecule has 0 N–H and O–H groups in total. The number of carbonyl (C=O) groups excluding carboxylic acids is 3. The van der Waals surface area contributed by atoms with Crippen LogP contribution in [0.5, 0.6) is 0 Å². The average Bonchev–Trinajstić information content (AvgIpc) is 3.27. The van der Waals surface area contributed by atoms with Gasteiger partial charge >= 0.3 is 17.9 Å². The summed E-state index contributed by atoms with van der Waals surface area (Å²) in [5, 5.41) is 0. The number of unbranched alkanes of at least 4 members (excludes halogenated alkanes) is 22. The van der Waals surface area contributed by atoms with Gasteiger partial charge in [0.2, 0.25) is 0 Å². The third-order valence-electron chi connectivity index (χ3n) is 10.4. The minimum atomic E-state index is -0.805. The molecule has 1 atom stereocenters. The van der Waals surface area contributed by atoms with E-state index >= 15 is 0 Å². The molecule has 0 aromatic heterocycles. The molecule has 6 heteroatoms. The fourth-order valence-corrected chi connectivity index (χ4v) is 6.61. The number of hydrogen-bond donors (Lipinski definition) is 0. The largest absolute Gasteiger partial charge is 0.462 e. The highest BCUT2D eigenvalue weighted by atomic mass is 16.6. The summed E-state index contributed by atoms with van der Waals surface area (Å²) in [6, 6.07) is 0. The van der Waals surface area contributed by atoms with Gasteiger partial charge in [0.1, 0.15) is 13.2 Å². The quantitative estimate of drug-likeness (QED) is 0.0200. The van der Waals surface area contributed by atoms with Crippen LogP contribution in [0.25, 0.3) is 0 Å². The minimum absolute atomic E-state index is 0.101. The second-order valence-electron chi connectivity index (χ2n) is 16.5. The number of carbonyl (C=O) groups is 3. The molecule has 0 saturated heterocycles. The lowest BCUT2D eigenvalue weighted by Crippen LogP contribution is -2.30. The molecule has 0 aromatic carbocycles. The van der Waals surface area contributed by atoms with Crippen LogP contribution in [0.15, 0.2) is 97.2 Å². The Balaban J connectivity index is 4.42. The molecule has 0 bridgehead atoms. The fourth-order valence-electron chi connectivity index (χ4n) is 6.61. The number of ether oxygens (including phenoxy) is 3. The van der Waals surface area contributed by atoms with Crippen molar-refractivity contribution in [1.29, 1.82) is 0 Å². The summed E-state index contributed by atoms with van der Waals surface area (Å²) in [7, 11) is 0. The normalized spacial score (nSPS) is 12.9. The molecule has 0 amide bonds. The maximum atomic E-state index is 12.8. The van der Waals surface area contributed by atoms with Crippen LogP contribution in [0.1, 0.15) is 220 Å². The molecule has 0 fully saturated rings. The maximum Gasteiger partial charge on any atom is 0.306 e. The molecule has 0 aliphatic heterocycles. The van der Waals surface area contributed by atoms with Crippen LogP contribution in [-0.2, 0) is 28.6 Å². The van der Waals surface area contributed by atoms with Crippen LogP contribution >= 0.6 is 0 Å². The summed E-state index contributed by atoms with van der Waals surface area (Å²) < 4.78 is 16.7. The number of allylic oxidation sites excluding steroid dienone is 16. The van der Waals surface area contributed by atoms with E-state index in [0.717, 1.165) is 83.5 Å². The van der Waals surface area contributed by atoms with E-state index in [1.165, 1.54) is 89.9 Å². The van der Waals surface area contributed by atoms with Gasteiger partial charge in [0, 0.05) is 19.3 Å². The highest BCUT2D eigenvalue weighted by Crippen LogP contribution is 2.14. The molecule has 0 saturated carbocycles. The third kappa shape index (κ3) is 47.4. The topological polar surface area (TPSA) is 78.9 Å². The second-order valence-corrected chi connectivity index (χ2v) is 16.5. The van der Waals surface area contributed by atoms with Crippen LogP contribution in [0.2, 0.25) is 0 Å². The molecule has 0 aliphatic rings. The average molecular weight is 861 g/mol. The first-order valence-electron chi connectivity index (χ1n) is 25.3. The standard InChI is InChI=1S/C56H92O6/c1-4-7-10-13-16-19-22-24-26-27-28-29-31-32-34-37-40-43-46-49-55(58)61-52-53(51-60-54(57)48-45-42-39-36-21-18-15-12-9-6-3)62-56(59)50-47-44-41-38-35-33-30-25-23-20-17-14-11-8-5-2/h8,11,14-20,22-25,30,33,35,53H,4-7,9-10,12-13,21,26-29,31-32,34,36-52H2,1-3H3/b11-8-,17-14-,18-15-,19-16-,23-20-,24-22-,30-25-,35-33-. The van der Waals surface area contributed by atoms with Crippen molar-refractivity contribution < 1.29 is 28.6 Å². The van der Waals surface area contributed by atoms with Gasteiger partial charge in [-0.05, 0) is 83.5 Å². The number of rotatable bonds is 44. The molecule has 0 rings (SSSR count). The van der Waals surface area contributed by atoms with E-state index in [1.54, 1.807) is 0 Å². The second kappa shape index (κ2) is 50.0. The van der Waals surface area contributed by atoms with Gasteiger partial charge in [0.15, 0.2) is 6.10 Å². The van der Waals surface area contributed by atoms with E-state index < -0.39 is 6.10 Å². The Kier molecular flexibility index (Phi) is 47.0. The van der Waals surface area contributed by atoms with E-state index in [0.29, 0.717) is 19.3 Å². The Morgan fingerprint density at radius 1 is 0.339 bits per heavy atom. The van der Waals surface area contributed by atoms with Crippen molar-refractivity contribution in [2.75, 3.05) is 13.2 Å². The van der Waals surface area contributed by atoms with Gasteiger partial charge in [-0.15, -0.1) is 0 Å². The molecular weight excluding hydrogens is 769 g/mol. The zero-order chi connectivity index (χ0) is 45.1. The SMILES string of the molecule is CC\C=C/C=C\C=C/C=C\C=C/CCCCCC(=O)OC(COC(=O)CCCCCC/C=C\CCCC)COC(=O)CCCCCCCCCCCC/C=C\C=C/CCCCC. The van der Waals surface area contributed by atoms with Crippen LogP contribution in [-0.4, -0.2) is 37.2 Å². The minimum Gasteiger partial charge on any atom is -0.462 e. The van der Waals surface area contributed by atoms with Crippen molar-refractivity contribution in [2.24, 2.45) is 0 Å².